The second-order valence-corrected chi connectivity index (χ2v) is 9.29. The van der Waals surface area contributed by atoms with Crippen molar-refractivity contribution in [2.75, 3.05) is 0 Å². The SMILES string of the molecule is O[C@@H]1CCC[C@@](Cc2ccccc2)(O[C@]2(Cc3ccccc3)CCC[C@@H](O)C2)C1. The Morgan fingerprint density at radius 1 is 0.690 bits per heavy atom. The Bertz CT molecular complexity index is 697. The molecule has 2 N–H and O–H groups in total. The van der Waals surface area contributed by atoms with Gasteiger partial charge in [0, 0.05) is 25.7 Å². The van der Waals surface area contributed by atoms with Crippen LogP contribution in [0.15, 0.2) is 60.7 Å². The number of aliphatic hydroxyl groups is 2. The lowest BCUT2D eigenvalue weighted by atomic mass is 9.74. The molecule has 2 aromatic rings. The smallest absolute Gasteiger partial charge is 0.0755 e. The van der Waals surface area contributed by atoms with Crippen LogP contribution in [-0.2, 0) is 17.6 Å². The zero-order valence-corrected chi connectivity index (χ0v) is 17.3. The third kappa shape index (κ3) is 5.28. The monoisotopic (exact) mass is 394 g/mol. The van der Waals surface area contributed by atoms with Crippen molar-refractivity contribution in [2.24, 2.45) is 0 Å². The van der Waals surface area contributed by atoms with Gasteiger partial charge < -0.3 is 14.9 Å². The molecule has 0 bridgehead atoms. The molecule has 0 spiro atoms. The molecule has 2 aromatic carbocycles. The Morgan fingerprint density at radius 2 is 1.10 bits per heavy atom. The molecule has 0 radical (unpaired) electrons. The predicted molar refractivity (Wildman–Crippen MR) is 116 cm³/mol. The van der Waals surface area contributed by atoms with Crippen molar-refractivity contribution in [2.45, 2.75) is 87.6 Å². The van der Waals surface area contributed by atoms with E-state index in [1.807, 2.05) is 12.1 Å². The predicted octanol–water partition coefficient (Wildman–Crippen LogP) is 4.84. The number of hydrogen-bond donors (Lipinski definition) is 2. The van der Waals surface area contributed by atoms with Gasteiger partial charge in [-0.05, 0) is 49.7 Å². The minimum atomic E-state index is -0.370. The van der Waals surface area contributed by atoms with Crippen LogP contribution in [0.3, 0.4) is 0 Å². The maximum Gasteiger partial charge on any atom is 0.0755 e. The summed E-state index contributed by atoms with van der Waals surface area (Å²) < 4.78 is 7.14. The number of aliphatic hydroxyl groups excluding tert-OH is 2. The van der Waals surface area contributed by atoms with Crippen LogP contribution in [0, 0.1) is 0 Å². The fourth-order valence-corrected chi connectivity index (χ4v) is 5.56. The van der Waals surface area contributed by atoms with E-state index in [-0.39, 0.29) is 23.4 Å². The lowest BCUT2D eigenvalue weighted by Crippen LogP contribution is -2.53. The Labute approximate surface area is 174 Å². The van der Waals surface area contributed by atoms with Gasteiger partial charge in [0.25, 0.3) is 0 Å². The Balaban J connectivity index is 1.64. The van der Waals surface area contributed by atoms with E-state index < -0.39 is 0 Å². The second-order valence-electron chi connectivity index (χ2n) is 9.29. The summed E-state index contributed by atoms with van der Waals surface area (Å²) in [5.41, 5.74) is 1.77. The molecule has 29 heavy (non-hydrogen) atoms. The van der Waals surface area contributed by atoms with Gasteiger partial charge in [0.1, 0.15) is 0 Å². The molecule has 0 unspecified atom stereocenters. The van der Waals surface area contributed by atoms with Gasteiger partial charge in [0.2, 0.25) is 0 Å². The second kappa shape index (κ2) is 8.99. The van der Waals surface area contributed by atoms with Crippen molar-refractivity contribution in [3.05, 3.63) is 71.8 Å². The molecule has 2 fully saturated rings. The average molecular weight is 395 g/mol. The standard InChI is InChI=1S/C26H34O3/c27-23-13-7-15-25(19-23,17-21-9-3-1-4-10-21)29-26(16-8-14-24(28)20-26)18-22-11-5-2-6-12-22/h1-6,9-12,23-24,27-28H,7-8,13-20H2/t23-,24-,25+,26+/m1/s1. The van der Waals surface area contributed by atoms with Gasteiger partial charge >= 0.3 is 0 Å². The summed E-state index contributed by atoms with van der Waals surface area (Å²) in [6, 6.07) is 21.0. The molecule has 0 aromatic heterocycles. The Hall–Kier alpha value is -1.68. The molecular weight excluding hydrogens is 360 g/mol. The van der Waals surface area contributed by atoms with Gasteiger partial charge in [-0.2, -0.15) is 0 Å². The molecule has 0 heterocycles. The first-order valence-corrected chi connectivity index (χ1v) is 11.2. The van der Waals surface area contributed by atoms with Gasteiger partial charge in [0.15, 0.2) is 0 Å². The summed E-state index contributed by atoms with van der Waals surface area (Å²) in [4.78, 5) is 0. The van der Waals surface area contributed by atoms with Crippen molar-refractivity contribution < 1.29 is 14.9 Å². The molecular formula is C26H34O3. The van der Waals surface area contributed by atoms with Gasteiger partial charge in [0.05, 0.1) is 23.4 Å². The first kappa shape index (κ1) is 20.6. The van der Waals surface area contributed by atoms with Crippen molar-refractivity contribution in [3.8, 4) is 0 Å². The molecule has 2 aliphatic carbocycles. The number of benzene rings is 2. The molecule has 3 heteroatoms. The lowest BCUT2D eigenvalue weighted by Gasteiger charge is -2.49. The highest BCUT2D eigenvalue weighted by Crippen LogP contribution is 2.44. The molecule has 3 nitrogen and oxygen atoms in total. The first-order valence-electron chi connectivity index (χ1n) is 11.2. The quantitative estimate of drug-likeness (QED) is 0.737. The normalized spacial score (nSPS) is 32.8. The van der Waals surface area contributed by atoms with Crippen molar-refractivity contribution in [1.82, 2.24) is 0 Å². The summed E-state index contributed by atoms with van der Waals surface area (Å²) in [5.74, 6) is 0. The highest BCUT2D eigenvalue weighted by Gasteiger charge is 2.46. The molecule has 0 saturated heterocycles. The van der Waals surface area contributed by atoms with E-state index in [1.54, 1.807) is 0 Å². The summed E-state index contributed by atoms with van der Waals surface area (Å²) in [7, 11) is 0. The average Bonchev–Trinajstić information content (AvgIpc) is 2.69. The molecule has 4 rings (SSSR count). The van der Waals surface area contributed by atoms with Crippen LogP contribution in [0.5, 0.6) is 0 Å². The van der Waals surface area contributed by atoms with Gasteiger partial charge in [-0.3, -0.25) is 0 Å². The van der Waals surface area contributed by atoms with E-state index in [0.29, 0.717) is 12.8 Å². The van der Waals surface area contributed by atoms with Crippen LogP contribution < -0.4 is 0 Å². The number of rotatable bonds is 6. The van der Waals surface area contributed by atoms with Crippen LogP contribution in [0.25, 0.3) is 0 Å². The molecule has 156 valence electrons. The van der Waals surface area contributed by atoms with Crippen LogP contribution in [0.4, 0.5) is 0 Å². The van der Waals surface area contributed by atoms with E-state index in [0.717, 1.165) is 51.4 Å². The molecule has 0 amide bonds. The number of ether oxygens (including phenoxy) is 1. The zero-order valence-electron chi connectivity index (χ0n) is 17.3. The van der Waals surface area contributed by atoms with Crippen LogP contribution in [0.2, 0.25) is 0 Å². The van der Waals surface area contributed by atoms with E-state index in [1.165, 1.54) is 11.1 Å². The van der Waals surface area contributed by atoms with Gasteiger partial charge in [-0.1, -0.05) is 60.7 Å². The maximum atomic E-state index is 10.5. The van der Waals surface area contributed by atoms with Crippen molar-refractivity contribution in [1.29, 1.82) is 0 Å². The van der Waals surface area contributed by atoms with Crippen LogP contribution in [-0.4, -0.2) is 33.6 Å². The largest absolute Gasteiger partial charge is 0.393 e. The Morgan fingerprint density at radius 3 is 1.48 bits per heavy atom. The van der Waals surface area contributed by atoms with E-state index in [2.05, 4.69) is 48.5 Å². The fourth-order valence-electron chi connectivity index (χ4n) is 5.56. The molecule has 0 aliphatic heterocycles. The number of hydrogen-bond acceptors (Lipinski definition) is 3. The Kier molecular flexibility index (Phi) is 6.38. The van der Waals surface area contributed by atoms with Gasteiger partial charge in [-0.15, -0.1) is 0 Å². The van der Waals surface area contributed by atoms with Gasteiger partial charge in [-0.25, -0.2) is 0 Å². The van der Waals surface area contributed by atoms with Crippen molar-refractivity contribution >= 4 is 0 Å². The molecule has 2 aliphatic rings. The zero-order chi connectivity index (χ0) is 20.2. The lowest BCUT2D eigenvalue weighted by molar-refractivity contribution is -0.205. The third-order valence-corrected chi connectivity index (χ3v) is 6.73. The summed E-state index contributed by atoms with van der Waals surface area (Å²) in [6.45, 7) is 0. The van der Waals surface area contributed by atoms with Crippen LogP contribution >= 0.6 is 0 Å². The van der Waals surface area contributed by atoms with Crippen molar-refractivity contribution in [3.63, 3.8) is 0 Å². The fraction of sp³-hybridized carbons (Fsp3) is 0.538. The molecule has 2 saturated carbocycles. The van der Waals surface area contributed by atoms with E-state index in [9.17, 15) is 10.2 Å². The van der Waals surface area contributed by atoms with E-state index >= 15 is 0 Å². The first-order chi connectivity index (χ1) is 14.1. The highest BCUT2D eigenvalue weighted by molar-refractivity contribution is 5.20. The topological polar surface area (TPSA) is 49.7 Å². The summed E-state index contributed by atoms with van der Waals surface area (Å²) >= 11 is 0. The summed E-state index contributed by atoms with van der Waals surface area (Å²) in [6.07, 6.45) is 7.97. The minimum Gasteiger partial charge on any atom is -0.393 e. The third-order valence-electron chi connectivity index (χ3n) is 6.73. The highest BCUT2D eigenvalue weighted by atomic mass is 16.5. The van der Waals surface area contributed by atoms with Crippen LogP contribution in [0.1, 0.15) is 62.5 Å². The minimum absolute atomic E-state index is 0.310. The van der Waals surface area contributed by atoms with E-state index in [4.69, 9.17) is 4.74 Å². The maximum absolute atomic E-state index is 10.5. The molecule has 4 atom stereocenters. The summed E-state index contributed by atoms with van der Waals surface area (Å²) in [5, 5.41) is 21.1.